The average molecular weight is 619 g/mol. The highest BCUT2D eigenvalue weighted by atomic mass is 31.2. The summed E-state index contributed by atoms with van der Waals surface area (Å²) in [5.41, 5.74) is 0. The van der Waals surface area contributed by atoms with Gasteiger partial charge in [-0.05, 0) is 6.42 Å². The maximum absolute atomic E-state index is 12.4. The molecular formula is C28H55O12P. The lowest BCUT2D eigenvalue weighted by atomic mass is 9.85. The lowest BCUT2D eigenvalue weighted by Gasteiger charge is -2.41. The van der Waals surface area contributed by atoms with Crippen LogP contribution < -0.4 is 0 Å². The van der Waals surface area contributed by atoms with Gasteiger partial charge in [-0.15, -0.1) is 0 Å². The van der Waals surface area contributed by atoms with Crippen LogP contribution in [-0.2, 0) is 23.1 Å². The van der Waals surface area contributed by atoms with E-state index in [-0.39, 0.29) is 6.42 Å². The Morgan fingerprint density at radius 1 is 0.707 bits per heavy atom. The number of aliphatic hydroxyl groups excluding tert-OH is 6. The minimum absolute atomic E-state index is 0.204. The lowest BCUT2D eigenvalue weighted by Crippen LogP contribution is -2.64. The van der Waals surface area contributed by atoms with Crippen LogP contribution in [0, 0.1) is 0 Å². The van der Waals surface area contributed by atoms with E-state index in [0.717, 1.165) is 25.7 Å². The van der Waals surface area contributed by atoms with E-state index in [4.69, 9.17) is 5.48 Å². The number of esters is 1. The zero-order chi connectivity index (χ0) is 34.3. The van der Waals surface area contributed by atoms with Crippen LogP contribution in [0.2, 0.25) is 0 Å². The van der Waals surface area contributed by atoms with Crippen molar-refractivity contribution in [3.05, 3.63) is 0 Å². The predicted octanol–water partition coefficient (Wildman–Crippen LogP) is 2.86. The van der Waals surface area contributed by atoms with Crippen LogP contribution in [-0.4, -0.2) is 97.3 Å². The van der Waals surface area contributed by atoms with Crippen molar-refractivity contribution in [1.82, 2.24) is 0 Å². The second-order valence-electron chi connectivity index (χ2n) is 10.7. The molecule has 0 spiro atoms. The van der Waals surface area contributed by atoms with E-state index < -0.39 is 69.6 Å². The van der Waals surface area contributed by atoms with E-state index >= 15 is 0 Å². The highest BCUT2D eigenvalue weighted by Crippen LogP contribution is 2.47. The molecule has 0 aromatic rings. The molecule has 244 valence electrons. The number of phosphoric ester groups is 1. The fraction of sp³-hybridized carbons (Fsp3) is 0.964. The molecule has 1 rings (SSSR count). The number of carbonyl (C=O) groups excluding carboxylic acids is 1. The van der Waals surface area contributed by atoms with E-state index in [2.05, 4.69) is 20.7 Å². The summed E-state index contributed by atoms with van der Waals surface area (Å²) in [5.74, 6) is -1.07. The van der Waals surface area contributed by atoms with Gasteiger partial charge in [0.05, 0.1) is 12.0 Å². The zero-order valence-corrected chi connectivity index (χ0v) is 25.1. The molecule has 41 heavy (non-hydrogen) atoms. The van der Waals surface area contributed by atoms with Gasteiger partial charge in [0, 0.05) is 6.42 Å². The third-order valence-electron chi connectivity index (χ3n) is 7.13. The van der Waals surface area contributed by atoms with Crippen molar-refractivity contribution in [2.24, 2.45) is 0 Å². The van der Waals surface area contributed by atoms with Gasteiger partial charge in [-0.25, -0.2) is 4.57 Å². The van der Waals surface area contributed by atoms with Gasteiger partial charge in [-0.3, -0.25) is 13.8 Å². The van der Waals surface area contributed by atoms with Crippen molar-refractivity contribution in [2.45, 2.75) is 159 Å². The number of hydrogen-bond donors (Lipinski definition) is 7. The molecular weight excluding hydrogens is 559 g/mol. The van der Waals surface area contributed by atoms with Crippen molar-refractivity contribution < 1.29 is 64.2 Å². The Balaban J connectivity index is 2.34. The van der Waals surface area contributed by atoms with Crippen molar-refractivity contribution in [1.29, 1.82) is 0 Å². The molecule has 8 atom stereocenters. The summed E-state index contributed by atoms with van der Waals surface area (Å²) >= 11 is 0. The number of unbranched alkanes of at least 4 members (excludes halogenated alkanes) is 15. The van der Waals surface area contributed by atoms with E-state index in [1.54, 1.807) is 0 Å². The number of phosphoric acid groups is 1. The number of ether oxygens (including phenoxy) is 1. The van der Waals surface area contributed by atoms with Gasteiger partial charge in [0.2, 0.25) is 0 Å². The zero-order valence-electron chi connectivity index (χ0n) is 28.2. The van der Waals surface area contributed by atoms with Crippen molar-refractivity contribution in [2.75, 3.05) is 13.1 Å². The SMILES string of the molecule is [2H]C([2H])(OC(=O)CCCCCCCCCCCCCCCCCC)[C@@H](O)C([2H])([2H])OP(=O)(O)OC1C(O)C(O)C(O)[C@@H](O)C1O. The first-order valence-corrected chi connectivity index (χ1v) is 16.5. The van der Waals surface area contributed by atoms with Crippen LogP contribution >= 0.6 is 7.82 Å². The van der Waals surface area contributed by atoms with Crippen molar-refractivity contribution in [3.8, 4) is 0 Å². The van der Waals surface area contributed by atoms with Gasteiger partial charge in [-0.2, -0.15) is 0 Å². The van der Waals surface area contributed by atoms with Crippen LogP contribution in [0.4, 0.5) is 0 Å². The van der Waals surface area contributed by atoms with Crippen LogP contribution in [0.25, 0.3) is 0 Å². The molecule has 1 fully saturated rings. The Hall–Kier alpha value is -0.660. The fourth-order valence-electron chi connectivity index (χ4n) is 4.63. The topological polar surface area (TPSA) is 203 Å². The molecule has 6 unspecified atom stereocenters. The molecule has 0 bridgehead atoms. The van der Waals surface area contributed by atoms with Gasteiger partial charge < -0.3 is 40.3 Å². The van der Waals surface area contributed by atoms with Gasteiger partial charge in [0.25, 0.3) is 0 Å². The molecule has 0 aromatic heterocycles. The molecule has 0 aromatic carbocycles. The van der Waals surface area contributed by atoms with Gasteiger partial charge in [0.1, 0.15) is 49.3 Å². The van der Waals surface area contributed by atoms with Crippen LogP contribution in [0.3, 0.4) is 0 Å². The summed E-state index contributed by atoms with van der Waals surface area (Å²) in [6.07, 6.45) is 1.97. The maximum atomic E-state index is 12.4. The summed E-state index contributed by atoms with van der Waals surface area (Å²) < 4.78 is 56.8. The summed E-state index contributed by atoms with van der Waals surface area (Å²) in [5, 5.41) is 59.1. The van der Waals surface area contributed by atoms with Gasteiger partial charge in [-0.1, -0.05) is 103 Å². The molecule has 0 amide bonds. The molecule has 0 aliphatic heterocycles. The number of hydrogen-bond acceptors (Lipinski definition) is 11. The monoisotopic (exact) mass is 618 g/mol. The third kappa shape index (κ3) is 16.7. The molecule has 7 N–H and O–H groups in total. The summed E-state index contributed by atoms with van der Waals surface area (Å²) in [7, 11) is -5.70. The summed E-state index contributed by atoms with van der Waals surface area (Å²) in [6, 6.07) is 0. The third-order valence-corrected chi connectivity index (χ3v) is 7.97. The minimum Gasteiger partial charge on any atom is -0.463 e. The fourth-order valence-corrected chi connectivity index (χ4v) is 5.46. The van der Waals surface area contributed by atoms with Crippen LogP contribution in [0.15, 0.2) is 0 Å². The smallest absolute Gasteiger partial charge is 0.463 e. The van der Waals surface area contributed by atoms with Crippen molar-refractivity contribution >= 4 is 13.8 Å². The molecule has 13 heteroatoms. The average Bonchev–Trinajstić information content (AvgIpc) is 2.95. The molecule has 1 aliphatic carbocycles. The summed E-state index contributed by atoms with van der Waals surface area (Å²) in [4.78, 5) is 22.1. The first-order valence-electron chi connectivity index (χ1n) is 17.0. The minimum atomic E-state index is -5.70. The lowest BCUT2D eigenvalue weighted by molar-refractivity contribution is -0.220. The van der Waals surface area contributed by atoms with E-state index in [1.807, 2.05) is 0 Å². The van der Waals surface area contributed by atoms with Crippen LogP contribution in [0.1, 0.15) is 122 Å². The normalized spacial score (nSPS) is 29.1. The van der Waals surface area contributed by atoms with E-state index in [0.29, 0.717) is 12.8 Å². The molecule has 0 radical (unpaired) electrons. The number of carbonyl (C=O) groups is 1. The molecule has 1 aliphatic rings. The summed E-state index contributed by atoms with van der Waals surface area (Å²) in [6.45, 7) is -4.90. The highest BCUT2D eigenvalue weighted by molar-refractivity contribution is 7.47. The number of rotatable bonds is 24. The highest BCUT2D eigenvalue weighted by Gasteiger charge is 2.51. The van der Waals surface area contributed by atoms with Gasteiger partial charge >= 0.3 is 13.8 Å². The van der Waals surface area contributed by atoms with Gasteiger partial charge in [0.15, 0.2) is 0 Å². The largest absolute Gasteiger partial charge is 0.472 e. The Morgan fingerprint density at radius 2 is 1.10 bits per heavy atom. The van der Waals surface area contributed by atoms with Crippen LogP contribution in [0.5, 0.6) is 0 Å². The first kappa shape index (κ1) is 31.8. The Labute approximate surface area is 250 Å². The Kier molecular flexibility index (Phi) is 17.0. The van der Waals surface area contributed by atoms with Crippen molar-refractivity contribution in [3.63, 3.8) is 0 Å². The second kappa shape index (κ2) is 21.9. The van der Waals surface area contributed by atoms with E-state index in [9.17, 15) is 44.9 Å². The Bertz CT molecular complexity index is 870. The first-order chi connectivity index (χ1) is 21.0. The maximum Gasteiger partial charge on any atom is 0.472 e. The quantitative estimate of drug-likeness (QED) is 0.0474. The standard InChI is InChI=1S/C28H55O12P/c1-2-3-4-5-6-7-8-9-10-11-12-13-14-15-16-17-18-22(30)38-19-21(29)20-39-41(36,37)40-28-26(34)24(32)23(31)25(33)27(28)35/h21,23-29,31-35H,2-20H2,1H3,(H,36,37)/t21-,23?,24-,25?,26?,27?,28?/m1/s1/i19D2,20D2. The molecule has 0 heterocycles. The predicted molar refractivity (Wildman–Crippen MR) is 152 cm³/mol. The Morgan fingerprint density at radius 3 is 1.54 bits per heavy atom. The van der Waals surface area contributed by atoms with E-state index in [1.165, 1.54) is 64.2 Å². The molecule has 1 saturated carbocycles. The molecule has 12 nitrogen and oxygen atoms in total. The molecule has 0 saturated heterocycles. The number of aliphatic hydroxyl groups is 6. The second-order valence-corrected chi connectivity index (χ2v) is 12.1.